The van der Waals surface area contributed by atoms with Crippen LogP contribution in [0.4, 0.5) is 5.88 Å². The SMILES string of the molecule is COc1ccc(OCC(=O)N2CCN(c3oc(/C=C/c4ccc(C)cc4)nc3C#N)CC2)cc1. The molecule has 0 bridgehead atoms. The Bertz CT molecular complexity index is 1190. The maximum absolute atomic E-state index is 12.6. The molecule has 2 heterocycles. The van der Waals surface area contributed by atoms with Crippen molar-refractivity contribution < 1.29 is 18.7 Å². The van der Waals surface area contributed by atoms with Crippen molar-refractivity contribution in [3.05, 3.63) is 71.2 Å². The van der Waals surface area contributed by atoms with Gasteiger partial charge in [0.05, 0.1) is 7.11 Å². The monoisotopic (exact) mass is 458 g/mol. The highest BCUT2D eigenvalue weighted by Gasteiger charge is 2.26. The minimum atomic E-state index is -0.0877. The van der Waals surface area contributed by atoms with Crippen molar-refractivity contribution in [2.24, 2.45) is 0 Å². The van der Waals surface area contributed by atoms with Crippen molar-refractivity contribution in [3.63, 3.8) is 0 Å². The molecule has 1 amide bonds. The smallest absolute Gasteiger partial charge is 0.260 e. The number of hydrogen-bond acceptors (Lipinski definition) is 7. The summed E-state index contributed by atoms with van der Waals surface area (Å²) in [5, 5.41) is 9.52. The number of anilines is 1. The first-order valence-corrected chi connectivity index (χ1v) is 11.0. The van der Waals surface area contributed by atoms with Gasteiger partial charge < -0.3 is 23.7 Å². The number of carbonyl (C=O) groups excluding carboxylic acids is 1. The number of rotatable bonds is 7. The summed E-state index contributed by atoms with van der Waals surface area (Å²) in [5.41, 5.74) is 2.45. The van der Waals surface area contributed by atoms with Crippen LogP contribution in [0.3, 0.4) is 0 Å². The highest BCUT2D eigenvalue weighted by molar-refractivity contribution is 5.78. The Kier molecular flexibility index (Phi) is 7.13. The summed E-state index contributed by atoms with van der Waals surface area (Å²) in [5.74, 6) is 2.06. The van der Waals surface area contributed by atoms with E-state index in [9.17, 15) is 10.1 Å². The van der Waals surface area contributed by atoms with E-state index in [4.69, 9.17) is 13.9 Å². The zero-order valence-corrected chi connectivity index (χ0v) is 19.2. The van der Waals surface area contributed by atoms with Crippen molar-refractivity contribution in [2.75, 3.05) is 44.8 Å². The van der Waals surface area contributed by atoms with Gasteiger partial charge in [-0.3, -0.25) is 4.79 Å². The number of aromatic nitrogens is 1. The largest absolute Gasteiger partial charge is 0.497 e. The molecule has 0 unspecified atom stereocenters. The normalized spacial score (nSPS) is 13.7. The molecule has 8 heteroatoms. The maximum atomic E-state index is 12.6. The van der Waals surface area contributed by atoms with Crippen LogP contribution in [0.2, 0.25) is 0 Å². The summed E-state index contributed by atoms with van der Waals surface area (Å²) in [7, 11) is 1.60. The lowest BCUT2D eigenvalue weighted by Gasteiger charge is -2.34. The van der Waals surface area contributed by atoms with Gasteiger partial charge in [0.15, 0.2) is 6.61 Å². The van der Waals surface area contributed by atoms with Crippen molar-refractivity contribution in [3.8, 4) is 17.6 Å². The molecule has 1 aliphatic heterocycles. The lowest BCUT2D eigenvalue weighted by atomic mass is 10.1. The molecule has 1 saturated heterocycles. The predicted molar refractivity (Wildman–Crippen MR) is 129 cm³/mol. The first kappa shape index (κ1) is 22.9. The van der Waals surface area contributed by atoms with E-state index in [-0.39, 0.29) is 18.2 Å². The minimum Gasteiger partial charge on any atom is -0.497 e. The molecule has 1 aromatic heterocycles. The summed E-state index contributed by atoms with van der Waals surface area (Å²) in [4.78, 5) is 20.6. The van der Waals surface area contributed by atoms with Gasteiger partial charge in [-0.2, -0.15) is 10.2 Å². The highest BCUT2D eigenvalue weighted by Crippen LogP contribution is 2.24. The van der Waals surface area contributed by atoms with Gasteiger partial charge in [0, 0.05) is 32.3 Å². The molecule has 0 atom stereocenters. The molecule has 1 aliphatic rings. The Morgan fingerprint density at radius 3 is 2.38 bits per heavy atom. The van der Waals surface area contributed by atoms with Crippen molar-refractivity contribution >= 4 is 23.9 Å². The van der Waals surface area contributed by atoms with Crippen LogP contribution >= 0.6 is 0 Å². The van der Waals surface area contributed by atoms with E-state index in [0.717, 1.165) is 11.3 Å². The van der Waals surface area contributed by atoms with Crippen molar-refractivity contribution in [1.82, 2.24) is 9.88 Å². The average Bonchev–Trinajstić information content (AvgIpc) is 3.30. The summed E-state index contributed by atoms with van der Waals surface area (Å²) in [6, 6.07) is 17.3. The van der Waals surface area contributed by atoms with E-state index in [1.165, 1.54) is 5.56 Å². The number of amides is 1. The molecule has 4 rings (SSSR count). The minimum absolute atomic E-state index is 0.0357. The van der Waals surface area contributed by atoms with E-state index >= 15 is 0 Å². The fourth-order valence-corrected chi connectivity index (χ4v) is 3.60. The molecule has 0 aliphatic carbocycles. The Labute approximate surface area is 198 Å². The van der Waals surface area contributed by atoms with Gasteiger partial charge in [-0.05, 0) is 42.8 Å². The Hall–Kier alpha value is -4.25. The number of nitriles is 1. The van der Waals surface area contributed by atoms with E-state index in [1.807, 2.05) is 42.2 Å². The third-order valence-corrected chi connectivity index (χ3v) is 5.57. The molecule has 8 nitrogen and oxygen atoms in total. The van der Waals surface area contributed by atoms with Gasteiger partial charge in [0.1, 0.15) is 17.6 Å². The molecule has 2 aromatic carbocycles. The summed E-state index contributed by atoms with van der Waals surface area (Å²) >= 11 is 0. The molecular weight excluding hydrogens is 432 g/mol. The van der Waals surface area contributed by atoms with E-state index in [0.29, 0.717) is 43.7 Å². The standard InChI is InChI=1S/C26H26N4O4/c1-19-3-5-20(6-4-19)7-12-24-28-23(17-27)26(34-24)30-15-13-29(14-16-30)25(31)18-33-22-10-8-21(32-2)9-11-22/h3-12H,13-16,18H2,1-2H3/b12-7+. The number of hydrogen-bond donors (Lipinski definition) is 0. The second-order valence-electron chi connectivity index (χ2n) is 7.89. The zero-order chi connectivity index (χ0) is 23.9. The summed E-state index contributed by atoms with van der Waals surface area (Å²) in [6.07, 6.45) is 3.65. The Balaban J connectivity index is 1.32. The number of aryl methyl sites for hydroxylation is 1. The first-order valence-electron chi connectivity index (χ1n) is 11.0. The molecular formula is C26H26N4O4. The van der Waals surface area contributed by atoms with Gasteiger partial charge >= 0.3 is 0 Å². The first-order chi connectivity index (χ1) is 16.6. The molecule has 0 N–H and O–H groups in total. The van der Waals surface area contributed by atoms with Crippen molar-refractivity contribution in [1.29, 1.82) is 5.26 Å². The number of ether oxygens (including phenoxy) is 2. The molecule has 34 heavy (non-hydrogen) atoms. The highest BCUT2D eigenvalue weighted by atomic mass is 16.5. The van der Waals surface area contributed by atoms with Gasteiger partial charge in [-0.25, -0.2) is 0 Å². The molecule has 0 spiro atoms. The van der Waals surface area contributed by atoms with E-state index in [2.05, 4.69) is 11.1 Å². The number of benzene rings is 2. The lowest BCUT2D eigenvalue weighted by Crippen LogP contribution is -2.50. The number of carbonyl (C=O) groups is 1. The van der Waals surface area contributed by atoms with Crippen LogP contribution in [-0.4, -0.2) is 55.7 Å². The van der Waals surface area contributed by atoms with Gasteiger partial charge in [0.2, 0.25) is 17.5 Å². The zero-order valence-electron chi connectivity index (χ0n) is 19.2. The summed E-state index contributed by atoms with van der Waals surface area (Å²) < 4.78 is 16.6. The summed E-state index contributed by atoms with van der Waals surface area (Å²) in [6.45, 7) is 4.09. The second kappa shape index (κ2) is 10.6. The van der Waals surface area contributed by atoms with E-state index in [1.54, 1.807) is 42.4 Å². The number of piperazine rings is 1. The molecule has 0 saturated carbocycles. The number of oxazole rings is 1. The fraction of sp³-hybridized carbons (Fsp3) is 0.269. The Morgan fingerprint density at radius 1 is 1.06 bits per heavy atom. The van der Waals surface area contributed by atoms with Crippen LogP contribution < -0.4 is 14.4 Å². The molecule has 1 fully saturated rings. The van der Waals surface area contributed by atoms with Crippen LogP contribution in [0.1, 0.15) is 22.7 Å². The second-order valence-corrected chi connectivity index (χ2v) is 7.89. The fourth-order valence-electron chi connectivity index (χ4n) is 3.60. The molecule has 0 radical (unpaired) electrons. The average molecular weight is 459 g/mol. The quantitative estimate of drug-likeness (QED) is 0.532. The Morgan fingerprint density at radius 2 is 1.74 bits per heavy atom. The topological polar surface area (TPSA) is 91.8 Å². The van der Waals surface area contributed by atoms with Gasteiger partial charge in [0.25, 0.3) is 5.91 Å². The van der Waals surface area contributed by atoms with E-state index < -0.39 is 0 Å². The number of methoxy groups -OCH3 is 1. The van der Waals surface area contributed by atoms with Crippen molar-refractivity contribution in [2.45, 2.75) is 6.92 Å². The van der Waals surface area contributed by atoms with Crippen LogP contribution in [0.25, 0.3) is 12.2 Å². The van der Waals surface area contributed by atoms with Gasteiger partial charge in [-0.1, -0.05) is 29.8 Å². The lowest BCUT2D eigenvalue weighted by molar-refractivity contribution is -0.133. The molecule has 3 aromatic rings. The maximum Gasteiger partial charge on any atom is 0.260 e. The third kappa shape index (κ3) is 5.56. The van der Waals surface area contributed by atoms with Crippen LogP contribution in [-0.2, 0) is 4.79 Å². The van der Waals surface area contributed by atoms with Crippen LogP contribution in [0, 0.1) is 18.3 Å². The molecule has 174 valence electrons. The third-order valence-electron chi connectivity index (χ3n) is 5.57. The predicted octanol–water partition coefficient (Wildman–Crippen LogP) is 3.76. The van der Waals surface area contributed by atoms with Crippen LogP contribution in [0.15, 0.2) is 52.9 Å². The van der Waals surface area contributed by atoms with Crippen LogP contribution in [0.5, 0.6) is 11.5 Å². The number of nitrogens with zero attached hydrogens (tertiary/aromatic N) is 4. The van der Waals surface area contributed by atoms with Gasteiger partial charge in [-0.15, -0.1) is 0 Å².